The van der Waals surface area contributed by atoms with Crippen LogP contribution in [0.4, 0.5) is 0 Å². The molecule has 0 amide bonds. The predicted molar refractivity (Wildman–Crippen MR) is 156 cm³/mol. The van der Waals surface area contributed by atoms with Crippen LogP contribution in [0, 0.1) is 11.3 Å². The molecule has 0 radical (unpaired) electrons. The lowest BCUT2D eigenvalue weighted by Crippen LogP contribution is -2.33. The van der Waals surface area contributed by atoms with Crippen molar-refractivity contribution in [1.29, 1.82) is 0 Å². The van der Waals surface area contributed by atoms with Crippen molar-refractivity contribution in [3.63, 3.8) is 0 Å². The van der Waals surface area contributed by atoms with Gasteiger partial charge >= 0.3 is 0 Å². The van der Waals surface area contributed by atoms with Gasteiger partial charge in [0.2, 0.25) is 0 Å². The smallest absolute Gasteiger partial charge is 0.164 e. The molecule has 2 aliphatic rings. The molecular weight excluding hydrogens is 460 g/mol. The molecule has 0 N–H and O–H groups in total. The molecule has 2 fully saturated rings. The third-order valence-electron chi connectivity index (χ3n) is 8.31. The first-order chi connectivity index (χ1) is 16.8. The Hall–Kier alpha value is -0.680. The van der Waals surface area contributed by atoms with Crippen LogP contribution in [0.3, 0.4) is 0 Å². The minimum absolute atomic E-state index is 0.114. The van der Waals surface area contributed by atoms with E-state index >= 15 is 0 Å². The summed E-state index contributed by atoms with van der Waals surface area (Å²) in [6, 6.07) is 0. The molecule has 0 aromatic carbocycles. The Balaban J connectivity index is 1.89. The van der Waals surface area contributed by atoms with E-state index in [9.17, 15) is 0 Å². The minimum atomic E-state index is -0.500. The fourth-order valence-electron chi connectivity index (χ4n) is 5.92. The van der Waals surface area contributed by atoms with Crippen LogP contribution in [0.1, 0.15) is 141 Å². The van der Waals surface area contributed by atoms with E-state index in [4.69, 9.17) is 18.9 Å². The molecule has 3 atom stereocenters. The van der Waals surface area contributed by atoms with Crippen LogP contribution in [-0.2, 0) is 18.9 Å². The Morgan fingerprint density at radius 2 is 1.32 bits per heavy atom. The Kier molecular flexibility index (Phi) is 10.8. The van der Waals surface area contributed by atoms with Gasteiger partial charge in [-0.1, -0.05) is 57.9 Å². The number of ether oxygens (including phenoxy) is 4. The fraction of sp³-hybridized carbons (Fsp3) is 0.879. The van der Waals surface area contributed by atoms with Gasteiger partial charge in [0.15, 0.2) is 11.6 Å². The summed E-state index contributed by atoms with van der Waals surface area (Å²) in [6.45, 7) is 30.5. The molecule has 2 heterocycles. The minimum Gasteiger partial charge on any atom is -0.344 e. The molecular formula is C33H60O4. The highest BCUT2D eigenvalue weighted by Crippen LogP contribution is 2.40. The maximum absolute atomic E-state index is 6.26. The zero-order valence-corrected chi connectivity index (χ0v) is 26.5. The van der Waals surface area contributed by atoms with Crippen LogP contribution in [0.25, 0.3) is 0 Å². The number of rotatable bonds is 14. The molecule has 2 aliphatic heterocycles. The molecule has 0 spiro atoms. The normalized spacial score (nSPS) is 27.4. The predicted octanol–water partition coefficient (Wildman–Crippen LogP) is 9.52. The zero-order valence-electron chi connectivity index (χ0n) is 26.5. The topological polar surface area (TPSA) is 36.9 Å². The lowest BCUT2D eigenvalue weighted by atomic mass is 9.81. The summed E-state index contributed by atoms with van der Waals surface area (Å²) in [6.07, 6.45) is 12.5. The number of hydrogen-bond acceptors (Lipinski definition) is 4. The molecule has 4 nitrogen and oxygen atoms in total. The van der Waals surface area contributed by atoms with Crippen LogP contribution in [-0.4, -0.2) is 35.0 Å². The van der Waals surface area contributed by atoms with Gasteiger partial charge in [-0.3, -0.25) is 0 Å². The van der Waals surface area contributed by atoms with Gasteiger partial charge in [0.1, 0.15) is 0 Å². The standard InChI is InChI=1S/C33H60O4/c1-14-24(2)23-26(16-18-28-31(8,9)37-33(12,13)35-28)20-22-29(4,5)21-19-25(3)15-17-27-30(6,7)36-32(10,11)34-27/h20,24,27-28H,3,14-19,21-23H2,1-2,4-13H3/b26-20+. The van der Waals surface area contributed by atoms with Gasteiger partial charge in [0, 0.05) is 0 Å². The van der Waals surface area contributed by atoms with Gasteiger partial charge in [-0.15, -0.1) is 0 Å². The van der Waals surface area contributed by atoms with Crippen molar-refractivity contribution in [1.82, 2.24) is 0 Å². The second-order valence-corrected chi connectivity index (χ2v) is 14.7. The fourth-order valence-corrected chi connectivity index (χ4v) is 5.92. The van der Waals surface area contributed by atoms with E-state index in [0.717, 1.165) is 44.9 Å². The van der Waals surface area contributed by atoms with Crippen molar-refractivity contribution < 1.29 is 18.9 Å². The van der Waals surface area contributed by atoms with E-state index in [0.29, 0.717) is 5.92 Å². The third-order valence-corrected chi connectivity index (χ3v) is 8.31. The molecule has 2 rings (SSSR count). The summed E-state index contributed by atoms with van der Waals surface area (Å²) in [4.78, 5) is 0. The summed E-state index contributed by atoms with van der Waals surface area (Å²) in [5.74, 6) is -0.294. The lowest BCUT2D eigenvalue weighted by Gasteiger charge is -2.27. The molecule has 0 aromatic rings. The molecule has 37 heavy (non-hydrogen) atoms. The van der Waals surface area contributed by atoms with Crippen molar-refractivity contribution in [3.05, 3.63) is 23.8 Å². The molecule has 216 valence electrons. The summed E-state index contributed by atoms with van der Waals surface area (Å²) in [5.41, 5.74) is 2.65. The largest absolute Gasteiger partial charge is 0.344 e. The average Bonchev–Trinajstić information content (AvgIpc) is 3.10. The third kappa shape index (κ3) is 10.4. The second kappa shape index (κ2) is 12.2. The van der Waals surface area contributed by atoms with Crippen molar-refractivity contribution in [2.75, 3.05) is 0 Å². The van der Waals surface area contributed by atoms with Crippen LogP contribution >= 0.6 is 0 Å². The molecule has 0 aliphatic carbocycles. The van der Waals surface area contributed by atoms with Crippen LogP contribution in [0.5, 0.6) is 0 Å². The highest BCUT2D eigenvalue weighted by molar-refractivity contribution is 5.07. The van der Waals surface area contributed by atoms with Crippen molar-refractivity contribution in [3.8, 4) is 0 Å². The molecule has 4 heteroatoms. The summed E-state index contributed by atoms with van der Waals surface area (Å²) in [7, 11) is 0. The number of allylic oxidation sites excluding steroid dienone is 3. The van der Waals surface area contributed by atoms with Gasteiger partial charge < -0.3 is 18.9 Å². The Labute approximate surface area is 229 Å². The first-order valence-corrected chi connectivity index (χ1v) is 14.9. The summed E-state index contributed by atoms with van der Waals surface area (Å²) < 4.78 is 24.7. The lowest BCUT2D eigenvalue weighted by molar-refractivity contribution is -0.158. The molecule has 0 aromatic heterocycles. The first-order valence-electron chi connectivity index (χ1n) is 14.9. The second-order valence-electron chi connectivity index (χ2n) is 14.7. The maximum Gasteiger partial charge on any atom is 0.164 e. The Bertz CT molecular complexity index is 786. The molecule has 0 saturated carbocycles. The molecule has 0 bridgehead atoms. The molecule has 3 unspecified atom stereocenters. The van der Waals surface area contributed by atoms with E-state index in [1.54, 1.807) is 5.57 Å². The van der Waals surface area contributed by atoms with E-state index in [2.05, 4.69) is 68.0 Å². The van der Waals surface area contributed by atoms with E-state index in [-0.39, 0.29) is 28.8 Å². The van der Waals surface area contributed by atoms with E-state index in [1.165, 1.54) is 18.4 Å². The monoisotopic (exact) mass is 520 g/mol. The Morgan fingerprint density at radius 3 is 1.76 bits per heavy atom. The highest BCUT2D eigenvalue weighted by atomic mass is 16.8. The van der Waals surface area contributed by atoms with Crippen molar-refractivity contribution in [2.24, 2.45) is 11.3 Å². The van der Waals surface area contributed by atoms with Gasteiger partial charge in [-0.05, 0) is 118 Å². The van der Waals surface area contributed by atoms with Crippen molar-refractivity contribution in [2.45, 2.75) is 176 Å². The highest BCUT2D eigenvalue weighted by Gasteiger charge is 2.47. The van der Waals surface area contributed by atoms with E-state index < -0.39 is 11.6 Å². The van der Waals surface area contributed by atoms with Gasteiger partial charge in [0.25, 0.3) is 0 Å². The van der Waals surface area contributed by atoms with E-state index in [1.807, 2.05) is 27.7 Å². The summed E-state index contributed by atoms with van der Waals surface area (Å²) in [5, 5.41) is 0. The van der Waals surface area contributed by atoms with Gasteiger partial charge in [-0.2, -0.15) is 0 Å². The van der Waals surface area contributed by atoms with Gasteiger partial charge in [0.05, 0.1) is 23.4 Å². The molecule has 2 saturated heterocycles. The first kappa shape index (κ1) is 32.5. The quantitative estimate of drug-likeness (QED) is 0.214. The maximum atomic E-state index is 6.26. The average molecular weight is 521 g/mol. The SMILES string of the molecule is C=C(CCC1OC(C)(C)OC1(C)C)CCC(C)(C)C/C=C(\CCC1OC(C)(C)OC1(C)C)CC(C)CC. The zero-order chi connectivity index (χ0) is 28.3. The van der Waals surface area contributed by atoms with Gasteiger partial charge in [-0.25, -0.2) is 0 Å². The summed E-state index contributed by atoms with van der Waals surface area (Å²) >= 11 is 0. The number of hydrogen-bond donors (Lipinski definition) is 0. The Morgan fingerprint density at radius 1 is 0.838 bits per heavy atom. The van der Waals surface area contributed by atoms with Crippen molar-refractivity contribution >= 4 is 0 Å². The van der Waals surface area contributed by atoms with Crippen LogP contribution in [0.15, 0.2) is 23.8 Å². The van der Waals surface area contributed by atoms with Crippen LogP contribution < -0.4 is 0 Å². The van der Waals surface area contributed by atoms with Crippen LogP contribution in [0.2, 0.25) is 0 Å².